The van der Waals surface area contributed by atoms with Crippen molar-refractivity contribution in [2.24, 2.45) is 0 Å². The third-order valence-electron chi connectivity index (χ3n) is 2.08. The van der Waals surface area contributed by atoms with Crippen LogP contribution in [-0.4, -0.2) is 16.6 Å². The fourth-order valence-electron chi connectivity index (χ4n) is 1.10. The van der Waals surface area contributed by atoms with Gasteiger partial charge in [-0.05, 0) is 32.0 Å². The van der Waals surface area contributed by atoms with E-state index in [1.807, 2.05) is 0 Å². The molecule has 0 atom stereocenters. The predicted molar refractivity (Wildman–Crippen MR) is 56.5 cm³/mol. The summed E-state index contributed by atoms with van der Waals surface area (Å²) in [4.78, 5) is 10.8. The van der Waals surface area contributed by atoms with Crippen molar-refractivity contribution in [3.05, 3.63) is 29.6 Å². The number of carboxylic acids is 1. The van der Waals surface area contributed by atoms with Gasteiger partial charge in [0.25, 0.3) is 0 Å². The maximum absolute atomic E-state index is 13.0. The van der Waals surface area contributed by atoms with E-state index in [0.717, 1.165) is 6.07 Å². The SMILES string of the molecule is CC(C)(Nc1ccc(F)c(C#N)c1)C(=O)O. The number of halogens is 1. The summed E-state index contributed by atoms with van der Waals surface area (Å²) in [5.74, 6) is -1.66. The van der Waals surface area contributed by atoms with Crippen LogP contribution in [0.4, 0.5) is 10.1 Å². The van der Waals surface area contributed by atoms with Crippen molar-refractivity contribution in [1.82, 2.24) is 0 Å². The predicted octanol–water partition coefficient (Wildman–Crippen LogP) is 1.97. The fraction of sp³-hybridized carbons (Fsp3) is 0.273. The van der Waals surface area contributed by atoms with Gasteiger partial charge < -0.3 is 10.4 Å². The van der Waals surface area contributed by atoms with Gasteiger partial charge in [0.15, 0.2) is 0 Å². The van der Waals surface area contributed by atoms with Gasteiger partial charge in [-0.1, -0.05) is 0 Å². The Kier molecular flexibility index (Phi) is 3.14. The van der Waals surface area contributed by atoms with Crippen molar-refractivity contribution in [2.45, 2.75) is 19.4 Å². The number of aliphatic carboxylic acids is 1. The minimum absolute atomic E-state index is 0.119. The molecule has 1 aromatic carbocycles. The van der Waals surface area contributed by atoms with E-state index in [4.69, 9.17) is 10.4 Å². The maximum atomic E-state index is 13.0. The monoisotopic (exact) mass is 222 g/mol. The quantitative estimate of drug-likeness (QED) is 0.820. The van der Waals surface area contributed by atoms with Gasteiger partial charge in [0.1, 0.15) is 17.4 Å². The lowest BCUT2D eigenvalue weighted by Gasteiger charge is -2.22. The zero-order chi connectivity index (χ0) is 12.3. The third-order valence-corrected chi connectivity index (χ3v) is 2.08. The number of rotatable bonds is 3. The van der Waals surface area contributed by atoms with Gasteiger partial charge in [0, 0.05) is 5.69 Å². The molecule has 16 heavy (non-hydrogen) atoms. The Morgan fingerprint density at radius 2 is 2.19 bits per heavy atom. The molecule has 0 aliphatic rings. The van der Waals surface area contributed by atoms with Crippen LogP contribution in [0, 0.1) is 17.1 Å². The van der Waals surface area contributed by atoms with Crippen LogP contribution >= 0.6 is 0 Å². The lowest BCUT2D eigenvalue weighted by molar-refractivity contribution is -0.141. The summed E-state index contributed by atoms with van der Waals surface area (Å²) in [7, 11) is 0. The molecule has 0 saturated carbocycles. The molecule has 2 N–H and O–H groups in total. The van der Waals surface area contributed by atoms with Gasteiger partial charge in [0.05, 0.1) is 5.56 Å². The van der Waals surface area contributed by atoms with E-state index in [0.29, 0.717) is 5.69 Å². The van der Waals surface area contributed by atoms with Gasteiger partial charge >= 0.3 is 5.97 Å². The molecule has 0 unspecified atom stereocenters. The number of nitriles is 1. The summed E-state index contributed by atoms with van der Waals surface area (Å²) >= 11 is 0. The van der Waals surface area contributed by atoms with Gasteiger partial charge in [-0.3, -0.25) is 0 Å². The molecule has 0 amide bonds. The van der Waals surface area contributed by atoms with Crippen molar-refractivity contribution in [3.8, 4) is 6.07 Å². The standard InChI is InChI=1S/C11H11FN2O2/c1-11(2,10(15)16)14-8-3-4-9(12)7(5-8)6-13/h3-5,14H,1-2H3,(H,15,16). The van der Waals surface area contributed by atoms with Crippen LogP contribution in [0.1, 0.15) is 19.4 Å². The Morgan fingerprint density at radius 1 is 1.56 bits per heavy atom. The van der Waals surface area contributed by atoms with Crippen LogP contribution in [-0.2, 0) is 4.79 Å². The number of hydrogen-bond donors (Lipinski definition) is 2. The number of nitrogens with zero attached hydrogens (tertiary/aromatic N) is 1. The van der Waals surface area contributed by atoms with Crippen molar-refractivity contribution in [3.63, 3.8) is 0 Å². The molecule has 84 valence electrons. The zero-order valence-corrected chi connectivity index (χ0v) is 8.91. The van der Waals surface area contributed by atoms with E-state index in [1.165, 1.54) is 26.0 Å². The first-order valence-electron chi connectivity index (χ1n) is 4.58. The second kappa shape index (κ2) is 4.19. The molecular formula is C11H11FN2O2. The minimum atomic E-state index is -1.18. The van der Waals surface area contributed by atoms with E-state index >= 15 is 0 Å². The van der Waals surface area contributed by atoms with E-state index < -0.39 is 17.3 Å². The van der Waals surface area contributed by atoms with Crippen molar-refractivity contribution >= 4 is 11.7 Å². The van der Waals surface area contributed by atoms with Crippen LogP contribution in [0.2, 0.25) is 0 Å². The molecule has 0 radical (unpaired) electrons. The van der Waals surface area contributed by atoms with Gasteiger partial charge in [0.2, 0.25) is 0 Å². The average Bonchev–Trinajstić information content (AvgIpc) is 2.20. The van der Waals surface area contributed by atoms with Gasteiger partial charge in [-0.15, -0.1) is 0 Å². The molecule has 1 aromatic rings. The van der Waals surface area contributed by atoms with Crippen LogP contribution in [0.15, 0.2) is 18.2 Å². The van der Waals surface area contributed by atoms with E-state index in [9.17, 15) is 9.18 Å². The number of hydrogen-bond acceptors (Lipinski definition) is 3. The first kappa shape index (κ1) is 12.0. The maximum Gasteiger partial charge on any atom is 0.328 e. The van der Waals surface area contributed by atoms with Crippen LogP contribution < -0.4 is 5.32 Å². The third kappa shape index (κ3) is 2.48. The second-order valence-corrected chi connectivity index (χ2v) is 3.86. The Morgan fingerprint density at radius 3 is 2.69 bits per heavy atom. The number of benzene rings is 1. The molecule has 0 bridgehead atoms. The minimum Gasteiger partial charge on any atom is -0.480 e. The van der Waals surface area contributed by atoms with Gasteiger partial charge in [-0.2, -0.15) is 5.26 Å². The molecule has 5 heteroatoms. The van der Waals surface area contributed by atoms with E-state index in [2.05, 4.69) is 5.32 Å². The molecule has 0 aliphatic carbocycles. The Hall–Kier alpha value is -2.09. The van der Waals surface area contributed by atoms with E-state index in [1.54, 1.807) is 6.07 Å². The summed E-state index contributed by atoms with van der Waals surface area (Å²) in [6.45, 7) is 2.95. The Labute approximate surface area is 92.3 Å². The highest BCUT2D eigenvalue weighted by Gasteiger charge is 2.26. The highest BCUT2D eigenvalue weighted by Crippen LogP contribution is 2.18. The first-order valence-corrected chi connectivity index (χ1v) is 4.58. The summed E-state index contributed by atoms with van der Waals surface area (Å²) in [5.41, 5.74) is -0.901. The number of carbonyl (C=O) groups is 1. The number of carboxylic acid groups (broad SMARTS) is 1. The van der Waals surface area contributed by atoms with Crippen molar-refractivity contribution in [2.75, 3.05) is 5.32 Å². The molecule has 0 fully saturated rings. The molecular weight excluding hydrogens is 211 g/mol. The fourth-order valence-corrected chi connectivity index (χ4v) is 1.10. The molecule has 4 nitrogen and oxygen atoms in total. The number of nitrogens with one attached hydrogen (secondary N) is 1. The largest absolute Gasteiger partial charge is 0.480 e. The highest BCUT2D eigenvalue weighted by molar-refractivity contribution is 5.81. The molecule has 0 aliphatic heterocycles. The zero-order valence-electron chi connectivity index (χ0n) is 8.91. The highest BCUT2D eigenvalue weighted by atomic mass is 19.1. The van der Waals surface area contributed by atoms with E-state index in [-0.39, 0.29) is 5.56 Å². The topological polar surface area (TPSA) is 73.1 Å². The molecule has 0 spiro atoms. The summed E-state index contributed by atoms with van der Waals surface area (Å²) in [6.07, 6.45) is 0. The average molecular weight is 222 g/mol. The summed E-state index contributed by atoms with van der Waals surface area (Å²) in [5, 5.41) is 20.2. The Balaban J connectivity index is 3.00. The molecule has 1 rings (SSSR count). The lowest BCUT2D eigenvalue weighted by Crippen LogP contribution is -2.39. The first-order chi connectivity index (χ1) is 7.36. The molecule has 0 aromatic heterocycles. The molecule has 0 saturated heterocycles. The van der Waals surface area contributed by atoms with Crippen LogP contribution in [0.3, 0.4) is 0 Å². The van der Waals surface area contributed by atoms with Crippen LogP contribution in [0.5, 0.6) is 0 Å². The normalized spacial score (nSPS) is 10.6. The summed E-state index contributed by atoms with van der Waals surface area (Å²) in [6, 6.07) is 5.48. The van der Waals surface area contributed by atoms with Crippen molar-refractivity contribution in [1.29, 1.82) is 5.26 Å². The molecule has 0 heterocycles. The van der Waals surface area contributed by atoms with Crippen molar-refractivity contribution < 1.29 is 14.3 Å². The smallest absolute Gasteiger partial charge is 0.328 e. The van der Waals surface area contributed by atoms with Crippen LogP contribution in [0.25, 0.3) is 0 Å². The Bertz CT molecular complexity index is 464. The lowest BCUT2D eigenvalue weighted by atomic mass is 10.1. The number of anilines is 1. The summed E-state index contributed by atoms with van der Waals surface area (Å²) < 4.78 is 13.0. The van der Waals surface area contributed by atoms with Gasteiger partial charge in [-0.25, -0.2) is 9.18 Å². The second-order valence-electron chi connectivity index (χ2n) is 3.86.